The van der Waals surface area contributed by atoms with Crippen LogP contribution in [-0.4, -0.2) is 42.2 Å². The Bertz CT molecular complexity index is 1300. The number of hydrogen-bond donors (Lipinski definition) is 2. The van der Waals surface area contributed by atoms with Gasteiger partial charge in [0.15, 0.2) is 15.7 Å². The van der Waals surface area contributed by atoms with E-state index in [1.807, 2.05) is 65.6 Å². The number of sulfone groups is 1. The second-order valence-corrected chi connectivity index (χ2v) is 11.4. The van der Waals surface area contributed by atoms with Crippen LogP contribution in [0.25, 0.3) is 0 Å². The van der Waals surface area contributed by atoms with Crippen molar-refractivity contribution in [2.45, 2.75) is 30.3 Å². The van der Waals surface area contributed by atoms with Gasteiger partial charge in [0.25, 0.3) is 6.20 Å². The molecule has 3 aromatic carbocycles. The van der Waals surface area contributed by atoms with Crippen LogP contribution >= 0.6 is 0 Å². The van der Waals surface area contributed by atoms with E-state index in [9.17, 15) is 23.6 Å². The molecule has 0 bridgehead atoms. The number of nitro groups is 1. The average Bonchev–Trinajstić information content (AvgIpc) is 2.93. The summed E-state index contributed by atoms with van der Waals surface area (Å²) in [5, 5.41) is 26.6. The highest BCUT2D eigenvalue weighted by molar-refractivity contribution is 7.91. The first-order chi connectivity index (χ1) is 17.7. The van der Waals surface area contributed by atoms with Crippen LogP contribution in [0.2, 0.25) is 0 Å². The van der Waals surface area contributed by atoms with Gasteiger partial charge in [-0.1, -0.05) is 67.6 Å². The largest absolute Gasteiger partial charge is 0.380 e. The van der Waals surface area contributed by atoms with Crippen LogP contribution in [0.3, 0.4) is 0 Å². The molecule has 0 spiro atoms. The van der Waals surface area contributed by atoms with Crippen LogP contribution in [0.5, 0.6) is 0 Å². The van der Waals surface area contributed by atoms with E-state index in [1.54, 1.807) is 19.1 Å². The lowest BCUT2D eigenvalue weighted by Gasteiger charge is -2.43. The molecule has 1 aliphatic heterocycles. The van der Waals surface area contributed by atoms with Gasteiger partial charge in [-0.3, -0.25) is 10.1 Å². The Kier molecular flexibility index (Phi) is 7.94. The monoisotopic (exact) mass is 521 g/mol. The summed E-state index contributed by atoms with van der Waals surface area (Å²) in [6.07, 6.45) is 2.16. The fourth-order valence-corrected chi connectivity index (χ4v) is 5.80. The molecule has 37 heavy (non-hydrogen) atoms. The zero-order valence-electron chi connectivity index (χ0n) is 20.7. The highest BCUT2D eigenvalue weighted by Crippen LogP contribution is 2.42. The Balaban J connectivity index is 1.54. The van der Waals surface area contributed by atoms with Crippen LogP contribution in [0.15, 0.2) is 102 Å². The number of aliphatic hydroxyl groups is 1. The first-order valence-corrected chi connectivity index (χ1v) is 13.9. The molecule has 0 aliphatic carbocycles. The maximum atomic E-state index is 12.1. The van der Waals surface area contributed by atoms with Crippen molar-refractivity contribution in [1.82, 2.24) is 4.90 Å². The third-order valence-electron chi connectivity index (χ3n) is 6.95. The quantitative estimate of drug-likeness (QED) is 0.312. The van der Waals surface area contributed by atoms with Crippen LogP contribution in [0.1, 0.15) is 30.9 Å². The van der Waals surface area contributed by atoms with E-state index in [2.05, 4.69) is 5.32 Å². The Morgan fingerprint density at radius 3 is 1.97 bits per heavy atom. The topological polar surface area (TPSA) is 113 Å². The van der Waals surface area contributed by atoms with Crippen molar-refractivity contribution in [1.29, 1.82) is 0 Å². The summed E-state index contributed by atoms with van der Waals surface area (Å²) in [7, 11) is -3.33. The average molecular weight is 522 g/mol. The standard InChI is InChI=1S/C28H31N3O5S/c1-2-37(35,36)26-15-13-25(14-16-26)29-27(21-31(33)34)30-19-17-24(18-20-30)28(32,22-9-5-3-6-10-22)23-11-7-4-8-12-23/h3-16,21,24,29,32H,2,17-20H2,1H3/b27-21-. The third kappa shape index (κ3) is 5.84. The predicted octanol–water partition coefficient (Wildman–Crippen LogP) is 4.62. The molecule has 8 nitrogen and oxygen atoms in total. The summed E-state index contributed by atoms with van der Waals surface area (Å²) >= 11 is 0. The number of hydrogen-bond acceptors (Lipinski definition) is 7. The number of nitrogens with one attached hydrogen (secondary N) is 1. The van der Waals surface area contributed by atoms with Crippen molar-refractivity contribution in [3.8, 4) is 0 Å². The van der Waals surface area contributed by atoms with Crippen molar-refractivity contribution in [3.05, 3.63) is 118 Å². The third-order valence-corrected chi connectivity index (χ3v) is 8.70. The van der Waals surface area contributed by atoms with Crippen molar-refractivity contribution in [2.24, 2.45) is 5.92 Å². The van der Waals surface area contributed by atoms with Crippen LogP contribution in [0, 0.1) is 16.0 Å². The van der Waals surface area contributed by atoms with Gasteiger partial charge in [0, 0.05) is 18.8 Å². The van der Waals surface area contributed by atoms with E-state index in [-0.39, 0.29) is 16.6 Å². The Morgan fingerprint density at radius 1 is 1.00 bits per heavy atom. The van der Waals surface area contributed by atoms with Gasteiger partial charge in [-0.2, -0.15) is 0 Å². The van der Waals surface area contributed by atoms with Gasteiger partial charge in [0.1, 0.15) is 5.60 Å². The molecule has 1 saturated heterocycles. The first-order valence-electron chi connectivity index (χ1n) is 12.3. The number of benzene rings is 3. The second-order valence-electron chi connectivity index (χ2n) is 9.11. The summed E-state index contributed by atoms with van der Waals surface area (Å²) < 4.78 is 24.2. The normalized spacial score (nSPS) is 15.4. The van der Waals surface area contributed by atoms with Crippen LogP contribution < -0.4 is 5.32 Å². The van der Waals surface area contributed by atoms with Crippen LogP contribution in [0.4, 0.5) is 5.69 Å². The van der Waals surface area contributed by atoms with Gasteiger partial charge in [-0.15, -0.1) is 0 Å². The molecule has 0 aromatic heterocycles. The number of rotatable bonds is 9. The zero-order valence-corrected chi connectivity index (χ0v) is 21.5. The van der Waals surface area contributed by atoms with Crippen molar-refractivity contribution >= 4 is 15.5 Å². The van der Waals surface area contributed by atoms with E-state index in [0.29, 0.717) is 37.4 Å². The minimum absolute atomic E-state index is 0.000489. The fraction of sp³-hybridized carbons (Fsp3) is 0.286. The summed E-state index contributed by atoms with van der Waals surface area (Å²) in [5.74, 6) is 0.223. The first kappa shape index (κ1) is 26.4. The van der Waals surface area contributed by atoms with E-state index < -0.39 is 20.4 Å². The fourth-order valence-electron chi connectivity index (χ4n) is 4.91. The molecule has 0 atom stereocenters. The van der Waals surface area contributed by atoms with E-state index >= 15 is 0 Å². The molecule has 1 heterocycles. The molecule has 9 heteroatoms. The molecule has 0 radical (unpaired) electrons. The molecule has 0 saturated carbocycles. The van der Waals surface area contributed by atoms with Gasteiger partial charge in [0.05, 0.1) is 15.6 Å². The lowest BCUT2D eigenvalue weighted by molar-refractivity contribution is -0.404. The Hall–Kier alpha value is -3.69. The van der Waals surface area contributed by atoms with E-state index in [0.717, 1.165) is 17.3 Å². The highest BCUT2D eigenvalue weighted by Gasteiger charge is 2.42. The zero-order chi connectivity index (χ0) is 26.5. The minimum Gasteiger partial charge on any atom is -0.380 e. The maximum Gasteiger partial charge on any atom is 0.274 e. The SMILES string of the molecule is CCS(=O)(=O)c1ccc(N/C(=C/[N+](=O)[O-])N2CCC(C(O)(c3ccccc3)c3ccccc3)CC2)cc1. The molecule has 0 amide bonds. The van der Waals surface area contributed by atoms with E-state index in [4.69, 9.17) is 0 Å². The molecular formula is C28H31N3O5S. The lowest BCUT2D eigenvalue weighted by atomic mass is 9.72. The molecule has 194 valence electrons. The van der Waals surface area contributed by atoms with Crippen molar-refractivity contribution in [2.75, 3.05) is 24.2 Å². The summed E-state index contributed by atoms with van der Waals surface area (Å²) in [6.45, 7) is 2.59. The number of piperidine rings is 1. The van der Waals surface area contributed by atoms with Crippen LogP contribution in [-0.2, 0) is 15.4 Å². The van der Waals surface area contributed by atoms with Gasteiger partial charge in [0.2, 0.25) is 0 Å². The Labute approximate surface area is 217 Å². The molecule has 4 rings (SSSR count). The summed E-state index contributed by atoms with van der Waals surface area (Å²) in [5.41, 5.74) is 1.01. The highest BCUT2D eigenvalue weighted by atomic mass is 32.2. The molecule has 1 fully saturated rings. The van der Waals surface area contributed by atoms with Gasteiger partial charge < -0.3 is 15.3 Å². The van der Waals surface area contributed by atoms with Crippen molar-refractivity contribution < 1.29 is 18.4 Å². The number of likely N-dealkylation sites (tertiary alicyclic amines) is 1. The lowest BCUT2D eigenvalue weighted by Crippen LogP contribution is -2.44. The second kappa shape index (κ2) is 11.1. The minimum atomic E-state index is -3.33. The predicted molar refractivity (Wildman–Crippen MR) is 143 cm³/mol. The molecule has 1 aliphatic rings. The van der Waals surface area contributed by atoms with Gasteiger partial charge in [-0.05, 0) is 54.2 Å². The molecular weight excluding hydrogens is 490 g/mol. The summed E-state index contributed by atoms with van der Waals surface area (Å²) in [6, 6.07) is 25.4. The molecule has 2 N–H and O–H groups in total. The molecule has 0 unspecified atom stereocenters. The van der Waals surface area contributed by atoms with Gasteiger partial charge in [-0.25, -0.2) is 8.42 Å². The Morgan fingerprint density at radius 2 is 1.51 bits per heavy atom. The van der Waals surface area contributed by atoms with Crippen molar-refractivity contribution in [3.63, 3.8) is 0 Å². The van der Waals surface area contributed by atoms with Gasteiger partial charge >= 0.3 is 0 Å². The smallest absolute Gasteiger partial charge is 0.274 e. The molecule has 3 aromatic rings. The number of nitrogens with zero attached hydrogens (tertiary/aromatic N) is 2. The number of anilines is 1. The van der Waals surface area contributed by atoms with E-state index in [1.165, 1.54) is 12.1 Å². The summed E-state index contributed by atoms with van der Waals surface area (Å²) in [4.78, 5) is 13.0. The maximum absolute atomic E-state index is 12.1.